The van der Waals surface area contributed by atoms with Gasteiger partial charge in [-0.05, 0) is 28.7 Å². The average molecular weight is 834 g/mol. The third-order valence-electron chi connectivity index (χ3n) is 11.4. The molecule has 330 valence electrons. The first-order valence-electron chi connectivity index (χ1n) is 22.9. The third kappa shape index (κ3) is 17.8. The minimum absolute atomic E-state index is 0.204. The monoisotopic (exact) mass is 834 g/mol. The van der Waals surface area contributed by atoms with Gasteiger partial charge in [-0.25, -0.2) is 0 Å². The fourth-order valence-corrected chi connectivity index (χ4v) is 7.77. The number of unbranched alkanes of at least 4 members (excludes halogenated alkanes) is 11. The Bertz CT molecular complexity index is 1750. The van der Waals surface area contributed by atoms with Crippen molar-refractivity contribution < 1.29 is 33.9 Å². The van der Waals surface area contributed by atoms with Crippen LogP contribution in [0.25, 0.3) is 0 Å². The lowest BCUT2D eigenvalue weighted by molar-refractivity contribution is -0.261. The smallest absolute Gasteiger partial charge is 0.147 e. The van der Waals surface area contributed by atoms with Crippen LogP contribution in [-0.2, 0) is 50.1 Å². The van der Waals surface area contributed by atoms with Crippen molar-refractivity contribution in [3.8, 4) is 11.8 Å². The Morgan fingerprint density at radius 3 is 1.43 bits per heavy atom. The lowest BCUT2D eigenvalue weighted by Crippen LogP contribution is -2.61. The Kier molecular flexibility index (Phi) is 22.6. The average Bonchev–Trinajstić information content (AvgIpc) is 3.30. The van der Waals surface area contributed by atoms with Crippen LogP contribution in [0.5, 0.6) is 0 Å². The van der Waals surface area contributed by atoms with Crippen molar-refractivity contribution in [2.75, 3.05) is 6.61 Å². The van der Waals surface area contributed by atoms with E-state index in [0.29, 0.717) is 26.2 Å². The maximum absolute atomic E-state index is 11.2. The number of rotatable bonds is 28. The van der Waals surface area contributed by atoms with Crippen LogP contribution in [0.1, 0.15) is 113 Å². The zero-order valence-electron chi connectivity index (χ0n) is 36.4. The molecule has 0 spiro atoms. The van der Waals surface area contributed by atoms with E-state index in [-0.39, 0.29) is 13.2 Å². The molecule has 1 heterocycles. The highest BCUT2D eigenvalue weighted by molar-refractivity contribution is 5.20. The second kappa shape index (κ2) is 28.7. The van der Waals surface area contributed by atoms with Crippen molar-refractivity contribution in [2.24, 2.45) is 5.73 Å². The zero-order valence-corrected chi connectivity index (χ0v) is 36.4. The Balaban J connectivity index is 1.29. The van der Waals surface area contributed by atoms with Gasteiger partial charge in [-0.15, -0.1) is 0 Å². The molecule has 0 unspecified atom stereocenters. The summed E-state index contributed by atoms with van der Waals surface area (Å²) in [5, 5.41) is 22.1. The second-order valence-corrected chi connectivity index (χ2v) is 16.4. The van der Waals surface area contributed by atoms with Crippen molar-refractivity contribution in [2.45, 2.75) is 166 Å². The number of nitrogens with two attached hydrogens (primary N) is 1. The molecule has 8 nitrogen and oxygen atoms in total. The molecule has 0 bridgehead atoms. The summed E-state index contributed by atoms with van der Waals surface area (Å²) in [6.07, 6.45) is 9.67. The summed E-state index contributed by atoms with van der Waals surface area (Å²) in [7, 11) is 0. The Labute approximate surface area is 366 Å². The first-order valence-corrected chi connectivity index (χ1v) is 22.9. The molecule has 4 N–H and O–H groups in total. The van der Waals surface area contributed by atoms with E-state index in [9.17, 15) is 10.2 Å². The molecule has 1 saturated heterocycles. The molecule has 0 saturated carbocycles. The minimum Gasteiger partial charge on any atom is -0.390 e. The standard InChI is InChI=1S/C53H71NO7/c1-2-3-4-5-6-7-8-9-10-11-12-25-34-47(55)50(56)46(54)35-36-48-51(58-38-43-28-19-14-20-29-43)53(60-40-45-32-23-16-24-33-45)52(59-39-44-30-21-15-22-31-44)49(61-48)41-57-37-42-26-17-13-18-27-42/h13-24,26-33,46-53,55-56H,2-12,25,34,37-41,54H2,1H3/t46-,47+,48+,49+,50-,51-,52-,53+/m0/s1. The maximum atomic E-state index is 11.2. The van der Waals surface area contributed by atoms with E-state index in [4.69, 9.17) is 29.4 Å². The quantitative estimate of drug-likeness (QED) is 0.0383. The summed E-state index contributed by atoms with van der Waals surface area (Å²) in [4.78, 5) is 0. The molecular weight excluding hydrogens is 763 g/mol. The van der Waals surface area contributed by atoms with Crippen LogP contribution in [0, 0.1) is 11.8 Å². The lowest BCUT2D eigenvalue weighted by Gasteiger charge is -2.45. The molecule has 0 radical (unpaired) electrons. The summed E-state index contributed by atoms with van der Waals surface area (Å²) in [6.45, 7) is 3.77. The largest absolute Gasteiger partial charge is 0.390 e. The van der Waals surface area contributed by atoms with E-state index >= 15 is 0 Å². The van der Waals surface area contributed by atoms with Gasteiger partial charge in [0.25, 0.3) is 0 Å². The SMILES string of the molecule is CCCCCCCCCCCCCC[C@@H](O)[C@@H](O)[C@@H](N)C#C[C@H]1O[C@H](COCc2ccccc2)[C@H](OCc2ccccc2)[C@H](OCc2ccccc2)[C@H]1OCc1ccccc1. The van der Waals surface area contributed by atoms with Crippen molar-refractivity contribution in [1.29, 1.82) is 0 Å². The van der Waals surface area contributed by atoms with Crippen LogP contribution in [-0.4, -0.2) is 65.6 Å². The normalized spacial score (nSPS) is 20.4. The van der Waals surface area contributed by atoms with Gasteiger partial charge in [0.15, 0.2) is 0 Å². The Morgan fingerprint density at radius 1 is 0.541 bits per heavy atom. The number of ether oxygens (including phenoxy) is 5. The van der Waals surface area contributed by atoms with Gasteiger partial charge in [0.05, 0.1) is 45.2 Å². The summed E-state index contributed by atoms with van der Waals surface area (Å²) in [5.41, 5.74) is 10.6. The van der Waals surface area contributed by atoms with Crippen molar-refractivity contribution in [3.05, 3.63) is 144 Å². The van der Waals surface area contributed by atoms with Crippen LogP contribution in [0.3, 0.4) is 0 Å². The highest BCUT2D eigenvalue weighted by Crippen LogP contribution is 2.31. The van der Waals surface area contributed by atoms with Gasteiger partial charge >= 0.3 is 0 Å². The molecule has 0 aromatic heterocycles. The van der Waals surface area contributed by atoms with Crippen LogP contribution in [0.2, 0.25) is 0 Å². The van der Waals surface area contributed by atoms with E-state index in [2.05, 4.69) is 18.8 Å². The predicted octanol–water partition coefficient (Wildman–Crippen LogP) is 9.87. The van der Waals surface area contributed by atoms with Gasteiger partial charge < -0.3 is 39.6 Å². The van der Waals surface area contributed by atoms with E-state index in [1.165, 1.54) is 57.8 Å². The number of hydrogen-bond donors (Lipinski definition) is 3. The first kappa shape index (κ1) is 48.2. The van der Waals surface area contributed by atoms with E-state index in [1.54, 1.807) is 0 Å². The summed E-state index contributed by atoms with van der Waals surface area (Å²) in [6, 6.07) is 39.0. The van der Waals surface area contributed by atoms with Crippen molar-refractivity contribution in [3.63, 3.8) is 0 Å². The van der Waals surface area contributed by atoms with Crippen LogP contribution in [0.4, 0.5) is 0 Å². The number of aliphatic hydroxyl groups is 2. The van der Waals surface area contributed by atoms with E-state index < -0.39 is 48.8 Å². The number of benzene rings is 4. The fourth-order valence-electron chi connectivity index (χ4n) is 7.77. The van der Waals surface area contributed by atoms with Gasteiger partial charge in [0.1, 0.15) is 36.6 Å². The molecule has 1 aliphatic heterocycles. The zero-order chi connectivity index (χ0) is 42.7. The van der Waals surface area contributed by atoms with Gasteiger partial charge in [0.2, 0.25) is 0 Å². The van der Waals surface area contributed by atoms with Crippen molar-refractivity contribution in [1.82, 2.24) is 0 Å². The van der Waals surface area contributed by atoms with Gasteiger partial charge in [-0.3, -0.25) is 0 Å². The van der Waals surface area contributed by atoms with Crippen LogP contribution in [0.15, 0.2) is 121 Å². The first-order chi connectivity index (χ1) is 30.0. The Morgan fingerprint density at radius 2 is 0.951 bits per heavy atom. The van der Waals surface area contributed by atoms with Gasteiger partial charge in [-0.2, -0.15) is 0 Å². The number of hydrogen-bond acceptors (Lipinski definition) is 8. The molecular formula is C53H71NO7. The summed E-state index contributed by atoms with van der Waals surface area (Å²) in [5.74, 6) is 6.29. The molecule has 4 aromatic carbocycles. The highest BCUT2D eigenvalue weighted by Gasteiger charge is 2.48. The fraction of sp³-hybridized carbons (Fsp3) is 0.509. The molecule has 5 rings (SSSR count). The molecule has 8 atom stereocenters. The van der Waals surface area contributed by atoms with Crippen molar-refractivity contribution >= 4 is 0 Å². The molecule has 1 fully saturated rings. The molecule has 0 amide bonds. The Hall–Kier alpha value is -3.88. The molecule has 0 aliphatic carbocycles. The van der Waals surface area contributed by atoms with Gasteiger partial charge in [-0.1, -0.05) is 217 Å². The minimum atomic E-state index is -1.22. The van der Waals surface area contributed by atoms with Crippen LogP contribution < -0.4 is 5.73 Å². The number of aliphatic hydroxyl groups excluding tert-OH is 2. The van der Waals surface area contributed by atoms with Crippen LogP contribution >= 0.6 is 0 Å². The highest BCUT2D eigenvalue weighted by atomic mass is 16.6. The lowest BCUT2D eigenvalue weighted by atomic mass is 9.93. The summed E-state index contributed by atoms with van der Waals surface area (Å²) < 4.78 is 33.4. The predicted molar refractivity (Wildman–Crippen MR) is 243 cm³/mol. The molecule has 4 aromatic rings. The second-order valence-electron chi connectivity index (χ2n) is 16.4. The maximum Gasteiger partial charge on any atom is 0.147 e. The molecule has 1 aliphatic rings. The molecule has 8 heteroatoms. The van der Waals surface area contributed by atoms with E-state index in [0.717, 1.165) is 41.5 Å². The van der Waals surface area contributed by atoms with Gasteiger partial charge in [0, 0.05) is 0 Å². The third-order valence-corrected chi connectivity index (χ3v) is 11.4. The summed E-state index contributed by atoms with van der Waals surface area (Å²) >= 11 is 0. The molecule has 61 heavy (non-hydrogen) atoms. The topological polar surface area (TPSA) is 113 Å². The van der Waals surface area contributed by atoms with E-state index in [1.807, 2.05) is 121 Å².